The van der Waals surface area contributed by atoms with Gasteiger partial charge in [0.15, 0.2) is 0 Å². The maximum Gasteiger partial charge on any atom is 0.326 e. The lowest BCUT2D eigenvalue weighted by Gasteiger charge is -2.16. The van der Waals surface area contributed by atoms with Gasteiger partial charge in [-0.25, -0.2) is 4.79 Å². The Bertz CT molecular complexity index is 792. The molecule has 0 saturated heterocycles. The number of nitrogens with one attached hydrogen (secondary N) is 1. The van der Waals surface area contributed by atoms with Gasteiger partial charge in [-0.3, -0.25) is 4.79 Å². The van der Waals surface area contributed by atoms with Crippen molar-refractivity contribution >= 4 is 35.1 Å². The molecule has 150 valence electrons. The standard InChI is InChI=1S/C20H22Cl2N2O4/c21-15-4-3-5-16(22)18(15)19(25)24-17(20(26)27)12-13-6-8-14(9-7-13)28-11-2-1-10-23/h3-9,17H,1-2,10-12,23H2,(H,24,25)(H,26,27)/t17-/m0/s1. The summed E-state index contributed by atoms with van der Waals surface area (Å²) in [5.41, 5.74) is 6.24. The lowest BCUT2D eigenvalue weighted by atomic mass is 10.1. The van der Waals surface area contributed by atoms with Crippen molar-refractivity contribution < 1.29 is 19.4 Å². The first kappa shape index (κ1) is 22.0. The van der Waals surface area contributed by atoms with Crippen molar-refractivity contribution in [2.24, 2.45) is 5.73 Å². The summed E-state index contributed by atoms with van der Waals surface area (Å²) in [4.78, 5) is 24.0. The van der Waals surface area contributed by atoms with E-state index in [-0.39, 0.29) is 22.0 Å². The molecule has 0 bridgehead atoms. The predicted octanol–water partition coefficient (Wildman–Crippen LogP) is 3.54. The van der Waals surface area contributed by atoms with Gasteiger partial charge >= 0.3 is 5.97 Å². The fourth-order valence-corrected chi connectivity index (χ4v) is 3.11. The minimum atomic E-state index is -1.15. The summed E-state index contributed by atoms with van der Waals surface area (Å²) in [6.45, 7) is 1.20. The number of hydrogen-bond donors (Lipinski definition) is 3. The minimum absolute atomic E-state index is 0.0540. The van der Waals surface area contributed by atoms with Gasteiger partial charge in [0.05, 0.1) is 22.2 Å². The topological polar surface area (TPSA) is 102 Å². The summed E-state index contributed by atoms with van der Waals surface area (Å²) in [5.74, 6) is -1.10. The molecule has 0 saturated carbocycles. The molecule has 2 rings (SSSR count). The molecule has 0 aliphatic carbocycles. The van der Waals surface area contributed by atoms with Crippen LogP contribution in [0.2, 0.25) is 10.0 Å². The highest BCUT2D eigenvalue weighted by Crippen LogP contribution is 2.24. The van der Waals surface area contributed by atoms with Gasteiger partial charge in [-0.15, -0.1) is 0 Å². The van der Waals surface area contributed by atoms with E-state index in [1.807, 2.05) is 0 Å². The first-order valence-corrected chi connectivity index (χ1v) is 9.57. The van der Waals surface area contributed by atoms with Gasteiger partial charge in [0.25, 0.3) is 5.91 Å². The van der Waals surface area contributed by atoms with Gasteiger partial charge in [0.2, 0.25) is 0 Å². The molecular weight excluding hydrogens is 403 g/mol. The van der Waals surface area contributed by atoms with Gasteiger partial charge < -0.3 is 20.9 Å². The second kappa shape index (κ2) is 10.9. The molecule has 0 radical (unpaired) electrons. The van der Waals surface area contributed by atoms with Crippen LogP contribution in [0.25, 0.3) is 0 Å². The molecule has 8 heteroatoms. The third kappa shape index (κ3) is 6.41. The number of hydrogen-bond acceptors (Lipinski definition) is 4. The molecule has 28 heavy (non-hydrogen) atoms. The summed E-state index contributed by atoms with van der Waals surface area (Å²) >= 11 is 12.0. The molecule has 6 nitrogen and oxygen atoms in total. The van der Waals surface area contributed by atoms with Crippen LogP contribution in [0.1, 0.15) is 28.8 Å². The summed E-state index contributed by atoms with van der Waals surface area (Å²) in [6, 6.07) is 10.6. The van der Waals surface area contributed by atoms with Gasteiger partial charge in [-0.05, 0) is 49.2 Å². The Morgan fingerprint density at radius 3 is 2.29 bits per heavy atom. The lowest BCUT2D eigenvalue weighted by Crippen LogP contribution is -2.42. The lowest BCUT2D eigenvalue weighted by molar-refractivity contribution is -0.139. The van der Waals surface area contributed by atoms with E-state index in [2.05, 4.69) is 5.32 Å². The predicted molar refractivity (Wildman–Crippen MR) is 109 cm³/mol. The van der Waals surface area contributed by atoms with Gasteiger partial charge in [-0.1, -0.05) is 41.4 Å². The number of rotatable bonds is 10. The summed E-state index contributed by atoms with van der Waals surface area (Å²) in [6.07, 6.45) is 1.88. The first-order chi connectivity index (χ1) is 13.4. The highest BCUT2D eigenvalue weighted by atomic mass is 35.5. The van der Waals surface area contributed by atoms with Crippen LogP contribution in [0.5, 0.6) is 5.75 Å². The monoisotopic (exact) mass is 424 g/mol. The van der Waals surface area contributed by atoms with Crippen LogP contribution in [0.4, 0.5) is 0 Å². The number of unbranched alkanes of at least 4 members (excludes halogenated alkanes) is 1. The van der Waals surface area contributed by atoms with E-state index in [1.165, 1.54) is 12.1 Å². The number of carbonyl (C=O) groups excluding carboxylic acids is 1. The van der Waals surface area contributed by atoms with Crippen LogP contribution in [-0.4, -0.2) is 36.2 Å². The van der Waals surface area contributed by atoms with E-state index in [4.69, 9.17) is 33.7 Å². The van der Waals surface area contributed by atoms with Crippen LogP contribution < -0.4 is 15.8 Å². The molecule has 2 aromatic rings. The Hall–Kier alpha value is -2.28. The smallest absolute Gasteiger partial charge is 0.326 e. The van der Waals surface area contributed by atoms with E-state index >= 15 is 0 Å². The fourth-order valence-electron chi connectivity index (χ4n) is 2.54. The van der Waals surface area contributed by atoms with Crippen molar-refractivity contribution in [3.05, 3.63) is 63.6 Å². The average molecular weight is 425 g/mol. The molecule has 0 aliphatic heterocycles. The van der Waals surface area contributed by atoms with Crippen molar-refractivity contribution in [1.82, 2.24) is 5.32 Å². The van der Waals surface area contributed by atoms with E-state index < -0.39 is 17.9 Å². The molecule has 1 amide bonds. The number of aliphatic carboxylic acids is 1. The molecule has 1 atom stereocenters. The van der Waals surface area contributed by atoms with E-state index in [1.54, 1.807) is 30.3 Å². The molecule has 0 spiro atoms. The molecule has 0 aromatic heterocycles. The Balaban J connectivity index is 2.01. The third-order valence-corrected chi connectivity index (χ3v) is 4.65. The Morgan fingerprint density at radius 2 is 1.71 bits per heavy atom. The number of benzene rings is 2. The molecule has 0 fully saturated rings. The fraction of sp³-hybridized carbons (Fsp3) is 0.300. The van der Waals surface area contributed by atoms with E-state index in [9.17, 15) is 14.7 Å². The van der Waals surface area contributed by atoms with Crippen molar-refractivity contribution in [3.8, 4) is 5.75 Å². The molecule has 0 aliphatic rings. The van der Waals surface area contributed by atoms with Crippen LogP contribution in [0.3, 0.4) is 0 Å². The van der Waals surface area contributed by atoms with Gasteiger partial charge in [0, 0.05) is 6.42 Å². The number of carbonyl (C=O) groups is 2. The van der Waals surface area contributed by atoms with E-state index in [0.29, 0.717) is 18.9 Å². The second-order valence-corrected chi connectivity index (χ2v) is 6.97. The van der Waals surface area contributed by atoms with Crippen molar-refractivity contribution in [2.45, 2.75) is 25.3 Å². The maximum absolute atomic E-state index is 12.4. The first-order valence-electron chi connectivity index (χ1n) is 8.82. The molecule has 4 N–H and O–H groups in total. The number of carboxylic acid groups (broad SMARTS) is 1. The SMILES string of the molecule is NCCCCOc1ccc(C[C@H](NC(=O)c2c(Cl)cccc2Cl)C(=O)O)cc1. The number of carboxylic acids is 1. The number of halogens is 2. The van der Waals surface area contributed by atoms with E-state index in [0.717, 1.165) is 18.4 Å². The number of ether oxygens (including phenoxy) is 1. The Labute approximate surface area is 173 Å². The molecule has 2 aromatic carbocycles. The Kier molecular flexibility index (Phi) is 8.57. The third-order valence-electron chi connectivity index (χ3n) is 4.02. The minimum Gasteiger partial charge on any atom is -0.494 e. The maximum atomic E-state index is 12.4. The van der Waals surface area contributed by atoms with Crippen LogP contribution in [-0.2, 0) is 11.2 Å². The van der Waals surface area contributed by atoms with Gasteiger partial charge in [0.1, 0.15) is 11.8 Å². The molecular formula is C20H22Cl2N2O4. The van der Waals surface area contributed by atoms with Crippen LogP contribution in [0, 0.1) is 0 Å². The zero-order valence-corrected chi connectivity index (χ0v) is 16.7. The summed E-state index contributed by atoms with van der Waals surface area (Å²) < 4.78 is 5.59. The van der Waals surface area contributed by atoms with Crippen molar-refractivity contribution in [3.63, 3.8) is 0 Å². The van der Waals surface area contributed by atoms with Crippen molar-refractivity contribution in [1.29, 1.82) is 0 Å². The summed E-state index contributed by atoms with van der Waals surface area (Å²) in [7, 11) is 0. The van der Waals surface area contributed by atoms with Crippen molar-refractivity contribution in [2.75, 3.05) is 13.2 Å². The van der Waals surface area contributed by atoms with Crippen LogP contribution >= 0.6 is 23.2 Å². The normalized spacial score (nSPS) is 11.7. The van der Waals surface area contributed by atoms with Crippen LogP contribution in [0.15, 0.2) is 42.5 Å². The quantitative estimate of drug-likeness (QED) is 0.506. The second-order valence-electron chi connectivity index (χ2n) is 6.15. The highest BCUT2D eigenvalue weighted by Gasteiger charge is 2.23. The zero-order valence-electron chi connectivity index (χ0n) is 15.2. The molecule has 0 unspecified atom stereocenters. The average Bonchev–Trinajstić information content (AvgIpc) is 2.65. The summed E-state index contributed by atoms with van der Waals surface area (Å²) in [5, 5.41) is 12.3. The Morgan fingerprint density at radius 1 is 1.07 bits per heavy atom. The molecule has 0 heterocycles. The zero-order chi connectivity index (χ0) is 20.5. The van der Waals surface area contributed by atoms with Gasteiger partial charge in [-0.2, -0.15) is 0 Å². The number of nitrogens with two attached hydrogens (primary N) is 1. The largest absolute Gasteiger partial charge is 0.494 e. The highest BCUT2D eigenvalue weighted by molar-refractivity contribution is 6.39. The number of amides is 1.